The summed E-state index contributed by atoms with van der Waals surface area (Å²) in [5.41, 5.74) is 6.40. The second-order valence-corrected chi connectivity index (χ2v) is 5.36. The maximum absolute atomic E-state index is 4.46. The lowest BCUT2D eigenvalue weighted by Crippen LogP contribution is -2.31. The van der Waals surface area contributed by atoms with E-state index in [9.17, 15) is 0 Å². The summed E-state index contributed by atoms with van der Waals surface area (Å²) in [6.07, 6.45) is 6.33. The molecule has 110 valence electrons. The van der Waals surface area contributed by atoms with E-state index in [2.05, 4.69) is 53.8 Å². The zero-order valence-corrected chi connectivity index (χ0v) is 13.5. The van der Waals surface area contributed by atoms with Crippen LogP contribution in [0.25, 0.3) is 0 Å². The lowest BCUT2D eigenvalue weighted by Gasteiger charge is -2.32. The average molecular weight is 280 g/mol. The standard InChI is InChI=1S/C19H24N2/c1-5-9-16-12-15(4)18-10-8-11-21(19(18)13-16)14-17(6-2)20-7-3/h6-7,12-13H,8,10-11,14H2,1-4H3/b17-6-,20-7?. The number of nitrogens with zero attached hydrogens (tertiary/aromatic N) is 2. The topological polar surface area (TPSA) is 15.6 Å². The minimum Gasteiger partial charge on any atom is -0.365 e. The van der Waals surface area contributed by atoms with Gasteiger partial charge in [-0.2, -0.15) is 0 Å². The van der Waals surface area contributed by atoms with Crippen LogP contribution in [-0.2, 0) is 6.42 Å². The first-order valence-corrected chi connectivity index (χ1v) is 7.64. The van der Waals surface area contributed by atoms with Gasteiger partial charge in [0, 0.05) is 24.0 Å². The highest BCUT2D eigenvalue weighted by Gasteiger charge is 2.19. The SMILES string of the molecule is CC#Cc1cc(C)c2c(c1)N(C/C(=C/C)N=CC)CCC2. The predicted octanol–water partition coefficient (Wildman–Crippen LogP) is 4.11. The van der Waals surface area contributed by atoms with Gasteiger partial charge in [0.05, 0.1) is 12.2 Å². The molecule has 0 N–H and O–H groups in total. The van der Waals surface area contributed by atoms with E-state index in [1.165, 1.54) is 29.7 Å². The van der Waals surface area contributed by atoms with Gasteiger partial charge in [-0.05, 0) is 63.8 Å². The smallest absolute Gasteiger partial charge is 0.0598 e. The second-order valence-electron chi connectivity index (χ2n) is 5.36. The van der Waals surface area contributed by atoms with Crippen LogP contribution >= 0.6 is 0 Å². The molecule has 1 aliphatic heterocycles. The molecule has 0 aliphatic carbocycles. The largest absolute Gasteiger partial charge is 0.365 e. The van der Waals surface area contributed by atoms with Crippen molar-refractivity contribution < 1.29 is 0 Å². The van der Waals surface area contributed by atoms with Gasteiger partial charge in [0.25, 0.3) is 0 Å². The molecule has 0 fully saturated rings. The fraction of sp³-hybridized carbons (Fsp3) is 0.421. The van der Waals surface area contributed by atoms with Crippen LogP contribution in [-0.4, -0.2) is 19.3 Å². The van der Waals surface area contributed by atoms with Crippen molar-refractivity contribution in [1.82, 2.24) is 0 Å². The molecule has 0 radical (unpaired) electrons. The number of aryl methyl sites for hydroxylation is 1. The Balaban J connectivity index is 2.39. The van der Waals surface area contributed by atoms with Gasteiger partial charge < -0.3 is 4.90 Å². The summed E-state index contributed by atoms with van der Waals surface area (Å²) in [7, 11) is 0. The predicted molar refractivity (Wildman–Crippen MR) is 92.2 cm³/mol. The van der Waals surface area contributed by atoms with Gasteiger partial charge in [0.2, 0.25) is 0 Å². The summed E-state index contributed by atoms with van der Waals surface area (Å²) in [5.74, 6) is 6.19. The molecule has 1 aromatic carbocycles. The zero-order chi connectivity index (χ0) is 15.2. The summed E-state index contributed by atoms with van der Waals surface area (Å²) < 4.78 is 0. The summed E-state index contributed by atoms with van der Waals surface area (Å²) in [5, 5.41) is 0. The lowest BCUT2D eigenvalue weighted by atomic mass is 9.94. The van der Waals surface area contributed by atoms with Gasteiger partial charge in [0.1, 0.15) is 0 Å². The van der Waals surface area contributed by atoms with Crippen LogP contribution in [0.2, 0.25) is 0 Å². The molecule has 2 heteroatoms. The Morgan fingerprint density at radius 2 is 2.19 bits per heavy atom. The molecule has 1 aliphatic rings. The van der Waals surface area contributed by atoms with E-state index in [1.807, 2.05) is 20.1 Å². The Morgan fingerprint density at radius 3 is 2.86 bits per heavy atom. The monoisotopic (exact) mass is 280 g/mol. The van der Waals surface area contributed by atoms with Crippen molar-refractivity contribution in [1.29, 1.82) is 0 Å². The van der Waals surface area contributed by atoms with Crippen molar-refractivity contribution in [3.63, 3.8) is 0 Å². The third-order valence-corrected chi connectivity index (χ3v) is 3.90. The number of anilines is 1. The van der Waals surface area contributed by atoms with Gasteiger partial charge in [-0.25, -0.2) is 0 Å². The molecule has 0 saturated heterocycles. The van der Waals surface area contributed by atoms with E-state index in [4.69, 9.17) is 0 Å². The number of aliphatic imine (C=N–C) groups is 1. The molecule has 1 heterocycles. The van der Waals surface area contributed by atoms with E-state index < -0.39 is 0 Å². The van der Waals surface area contributed by atoms with Crippen molar-refractivity contribution in [2.45, 2.75) is 40.5 Å². The highest BCUT2D eigenvalue weighted by atomic mass is 15.1. The summed E-state index contributed by atoms with van der Waals surface area (Å²) in [6.45, 7) is 10.1. The minimum absolute atomic E-state index is 0.871. The molecule has 0 spiro atoms. The Bertz CT molecular complexity index is 627. The molecule has 21 heavy (non-hydrogen) atoms. The molecule has 0 bridgehead atoms. The van der Waals surface area contributed by atoms with Gasteiger partial charge in [-0.15, -0.1) is 5.92 Å². The number of hydrogen-bond donors (Lipinski definition) is 0. The number of allylic oxidation sites excluding steroid dienone is 1. The maximum Gasteiger partial charge on any atom is 0.0598 e. The number of benzene rings is 1. The molecule has 2 rings (SSSR count). The fourth-order valence-corrected chi connectivity index (χ4v) is 2.92. The molecule has 0 atom stereocenters. The van der Waals surface area contributed by atoms with E-state index >= 15 is 0 Å². The van der Waals surface area contributed by atoms with Crippen LogP contribution in [0.4, 0.5) is 5.69 Å². The molecule has 0 aromatic heterocycles. The molecule has 0 saturated carbocycles. The average Bonchev–Trinajstić information content (AvgIpc) is 2.48. The first-order chi connectivity index (χ1) is 10.2. The highest BCUT2D eigenvalue weighted by molar-refractivity contribution is 5.63. The van der Waals surface area contributed by atoms with Gasteiger partial charge in [-0.1, -0.05) is 12.0 Å². The molecular weight excluding hydrogens is 256 g/mol. The van der Waals surface area contributed by atoms with Crippen molar-refractivity contribution in [3.8, 4) is 11.8 Å². The Hall–Kier alpha value is -2.01. The van der Waals surface area contributed by atoms with E-state index in [1.54, 1.807) is 0 Å². The number of hydrogen-bond acceptors (Lipinski definition) is 2. The Kier molecular flexibility index (Phi) is 5.22. The van der Waals surface area contributed by atoms with Crippen molar-refractivity contribution in [3.05, 3.63) is 40.6 Å². The lowest BCUT2D eigenvalue weighted by molar-refractivity contribution is 0.708. The second kappa shape index (κ2) is 7.13. The first-order valence-electron chi connectivity index (χ1n) is 7.64. The molecule has 0 unspecified atom stereocenters. The molecular formula is C19H24N2. The van der Waals surface area contributed by atoms with E-state index in [0.717, 1.165) is 24.4 Å². The van der Waals surface area contributed by atoms with Crippen LogP contribution in [0.1, 0.15) is 43.9 Å². The van der Waals surface area contributed by atoms with Gasteiger partial charge in [-0.3, -0.25) is 4.99 Å². The van der Waals surface area contributed by atoms with Crippen LogP contribution in [0, 0.1) is 18.8 Å². The van der Waals surface area contributed by atoms with Crippen molar-refractivity contribution in [2.24, 2.45) is 4.99 Å². The third-order valence-electron chi connectivity index (χ3n) is 3.90. The van der Waals surface area contributed by atoms with Gasteiger partial charge in [0.15, 0.2) is 0 Å². The van der Waals surface area contributed by atoms with Crippen LogP contribution in [0.3, 0.4) is 0 Å². The van der Waals surface area contributed by atoms with Crippen LogP contribution < -0.4 is 4.90 Å². The Morgan fingerprint density at radius 1 is 1.38 bits per heavy atom. The maximum atomic E-state index is 4.46. The zero-order valence-electron chi connectivity index (χ0n) is 13.5. The highest BCUT2D eigenvalue weighted by Crippen LogP contribution is 2.31. The van der Waals surface area contributed by atoms with Gasteiger partial charge >= 0.3 is 0 Å². The minimum atomic E-state index is 0.871. The summed E-state index contributed by atoms with van der Waals surface area (Å²) in [6, 6.07) is 4.44. The molecule has 2 nitrogen and oxygen atoms in total. The first kappa shape index (κ1) is 15.4. The van der Waals surface area contributed by atoms with E-state index in [-0.39, 0.29) is 0 Å². The number of fused-ring (bicyclic) bond motifs is 1. The fourth-order valence-electron chi connectivity index (χ4n) is 2.92. The molecule has 1 aromatic rings. The van der Waals surface area contributed by atoms with E-state index in [0.29, 0.717) is 0 Å². The normalized spacial score (nSPS) is 14.9. The Labute approximate surface area is 128 Å². The summed E-state index contributed by atoms with van der Waals surface area (Å²) >= 11 is 0. The van der Waals surface area contributed by atoms with Crippen LogP contribution in [0.5, 0.6) is 0 Å². The van der Waals surface area contributed by atoms with Crippen LogP contribution in [0.15, 0.2) is 28.9 Å². The van der Waals surface area contributed by atoms with Crippen molar-refractivity contribution in [2.75, 3.05) is 18.0 Å². The number of rotatable bonds is 3. The molecule has 0 amide bonds. The summed E-state index contributed by atoms with van der Waals surface area (Å²) in [4.78, 5) is 6.90. The third kappa shape index (κ3) is 3.55. The quantitative estimate of drug-likeness (QED) is 0.601. The van der Waals surface area contributed by atoms with Crippen molar-refractivity contribution >= 4 is 11.9 Å².